The standard InChI is InChI=1S/C24H23N5O4/c1-3-25-24(33)29-23-27-19-10-15(9-18(22(31)32)21(19)28-23)14-8-13(2)17(20(30)11-14)12-16-6-4-5-7-26-16/h4-11,17H,3,12H2,1-2H3,(H,31,32)(H3,25,27,28,29,33). The average Bonchev–Trinajstić information content (AvgIpc) is 3.18. The van der Waals surface area contributed by atoms with Gasteiger partial charge in [0.25, 0.3) is 0 Å². The highest BCUT2D eigenvalue weighted by Gasteiger charge is 2.25. The van der Waals surface area contributed by atoms with Gasteiger partial charge in [0.15, 0.2) is 5.78 Å². The number of aromatic amines is 1. The first-order valence-corrected chi connectivity index (χ1v) is 10.5. The second-order valence-corrected chi connectivity index (χ2v) is 7.76. The summed E-state index contributed by atoms with van der Waals surface area (Å²) in [4.78, 5) is 48.1. The van der Waals surface area contributed by atoms with E-state index in [0.717, 1.165) is 11.3 Å². The predicted molar refractivity (Wildman–Crippen MR) is 124 cm³/mol. The molecule has 3 aromatic rings. The highest BCUT2D eigenvalue weighted by Crippen LogP contribution is 2.32. The summed E-state index contributed by atoms with van der Waals surface area (Å²) in [7, 11) is 0. The van der Waals surface area contributed by atoms with Crippen molar-refractivity contribution in [3.63, 3.8) is 0 Å². The van der Waals surface area contributed by atoms with E-state index < -0.39 is 12.0 Å². The van der Waals surface area contributed by atoms with Crippen molar-refractivity contribution in [3.8, 4) is 0 Å². The van der Waals surface area contributed by atoms with Gasteiger partial charge in [0.2, 0.25) is 5.95 Å². The number of hydrogen-bond acceptors (Lipinski definition) is 5. The van der Waals surface area contributed by atoms with Gasteiger partial charge in [-0.25, -0.2) is 14.6 Å². The zero-order valence-corrected chi connectivity index (χ0v) is 18.2. The summed E-state index contributed by atoms with van der Waals surface area (Å²) in [6, 6.07) is 8.36. The maximum absolute atomic E-state index is 12.9. The summed E-state index contributed by atoms with van der Waals surface area (Å²) in [5, 5.41) is 14.9. The van der Waals surface area contributed by atoms with Crippen LogP contribution in [0.4, 0.5) is 10.7 Å². The van der Waals surface area contributed by atoms with E-state index >= 15 is 0 Å². The van der Waals surface area contributed by atoms with Crippen molar-refractivity contribution in [2.24, 2.45) is 5.92 Å². The first kappa shape index (κ1) is 21.9. The van der Waals surface area contributed by atoms with E-state index in [4.69, 9.17) is 0 Å². The molecule has 9 nitrogen and oxygen atoms in total. The first-order chi connectivity index (χ1) is 15.9. The van der Waals surface area contributed by atoms with Gasteiger partial charge in [-0.1, -0.05) is 17.7 Å². The number of carboxylic acid groups (broad SMARTS) is 1. The highest BCUT2D eigenvalue weighted by atomic mass is 16.4. The maximum Gasteiger partial charge on any atom is 0.338 e. The molecule has 2 aromatic heterocycles. The van der Waals surface area contributed by atoms with Crippen molar-refractivity contribution in [2.45, 2.75) is 20.3 Å². The van der Waals surface area contributed by atoms with E-state index in [0.29, 0.717) is 29.6 Å². The maximum atomic E-state index is 12.9. The summed E-state index contributed by atoms with van der Waals surface area (Å²) in [5.74, 6) is -1.40. The summed E-state index contributed by atoms with van der Waals surface area (Å²) in [6.45, 7) is 4.11. The number of carboxylic acids is 1. The Labute approximate surface area is 189 Å². The minimum Gasteiger partial charge on any atom is -0.478 e. The molecule has 0 saturated carbocycles. The van der Waals surface area contributed by atoms with Crippen molar-refractivity contribution in [1.29, 1.82) is 0 Å². The van der Waals surface area contributed by atoms with Crippen LogP contribution in [0.5, 0.6) is 0 Å². The molecule has 2 heterocycles. The van der Waals surface area contributed by atoms with Gasteiger partial charge in [-0.2, -0.15) is 0 Å². The number of hydrogen-bond donors (Lipinski definition) is 4. The quantitative estimate of drug-likeness (QED) is 0.458. The molecule has 168 valence electrons. The van der Waals surface area contributed by atoms with Gasteiger partial charge in [-0.05, 0) is 55.3 Å². The van der Waals surface area contributed by atoms with Crippen LogP contribution < -0.4 is 10.6 Å². The van der Waals surface area contributed by atoms with Gasteiger partial charge in [-0.3, -0.25) is 15.1 Å². The van der Waals surface area contributed by atoms with Gasteiger partial charge in [0, 0.05) is 30.8 Å². The number of fused-ring (bicyclic) bond motifs is 1. The van der Waals surface area contributed by atoms with Crippen molar-refractivity contribution >= 4 is 40.3 Å². The molecule has 0 bridgehead atoms. The first-order valence-electron chi connectivity index (χ1n) is 10.5. The zero-order chi connectivity index (χ0) is 23.5. The Hall–Kier alpha value is -4.27. The lowest BCUT2D eigenvalue weighted by atomic mass is 9.83. The fourth-order valence-electron chi connectivity index (χ4n) is 3.84. The third kappa shape index (κ3) is 4.67. The Morgan fingerprint density at radius 2 is 2.03 bits per heavy atom. The molecular weight excluding hydrogens is 422 g/mol. The van der Waals surface area contributed by atoms with Crippen LogP contribution in [0.2, 0.25) is 0 Å². The third-order valence-electron chi connectivity index (χ3n) is 5.43. The number of anilines is 1. The Bertz CT molecular complexity index is 1310. The van der Waals surface area contributed by atoms with Gasteiger partial charge >= 0.3 is 12.0 Å². The van der Waals surface area contributed by atoms with E-state index in [-0.39, 0.29) is 28.7 Å². The molecule has 33 heavy (non-hydrogen) atoms. The normalized spacial score (nSPS) is 15.7. The molecule has 0 spiro atoms. The van der Waals surface area contributed by atoms with E-state index in [9.17, 15) is 19.5 Å². The van der Waals surface area contributed by atoms with Crippen LogP contribution >= 0.6 is 0 Å². The molecule has 1 aromatic carbocycles. The molecule has 1 aliphatic rings. The largest absolute Gasteiger partial charge is 0.478 e. The molecule has 2 amide bonds. The topological polar surface area (TPSA) is 137 Å². The fourth-order valence-corrected chi connectivity index (χ4v) is 3.84. The molecule has 0 saturated heterocycles. The number of carbonyl (C=O) groups excluding carboxylic acids is 2. The van der Waals surface area contributed by atoms with Crippen LogP contribution in [0.3, 0.4) is 0 Å². The van der Waals surface area contributed by atoms with E-state index in [2.05, 4.69) is 25.6 Å². The van der Waals surface area contributed by atoms with Crippen LogP contribution in [-0.4, -0.2) is 44.4 Å². The number of nitrogens with zero attached hydrogens (tertiary/aromatic N) is 2. The number of aromatic nitrogens is 3. The molecule has 0 radical (unpaired) electrons. The number of H-pyrrole nitrogens is 1. The molecule has 0 fully saturated rings. The number of rotatable bonds is 6. The summed E-state index contributed by atoms with van der Waals surface area (Å²) < 4.78 is 0. The summed E-state index contributed by atoms with van der Waals surface area (Å²) >= 11 is 0. The lowest BCUT2D eigenvalue weighted by molar-refractivity contribution is -0.117. The second-order valence-electron chi connectivity index (χ2n) is 7.76. The number of allylic oxidation sites excluding steroid dienone is 4. The van der Waals surface area contributed by atoms with E-state index in [1.165, 1.54) is 12.1 Å². The van der Waals surface area contributed by atoms with Crippen LogP contribution in [0.15, 0.2) is 54.3 Å². The SMILES string of the molecule is CCNC(=O)Nc1nc2c(C(=O)O)cc(C3=CC(=O)C(Cc4ccccn4)C(C)=C3)cc2[nH]1. The lowest BCUT2D eigenvalue weighted by Gasteiger charge is -2.20. The summed E-state index contributed by atoms with van der Waals surface area (Å²) in [6.07, 6.45) is 5.63. The number of benzene rings is 1. The second kappa shape index (κ2) is 9.07. The monoisotopic (exact) mass is 445 g/mol. The number of pyridine rings is 1. The molecule has 1 atom stereocenters. The number of carbonyl (C=O) groups is 3. The van der Waals surface area contributed by atoms with Crippen molar-refractivity contribution in [2.75, 3.05) is 11.9 Å². The molecule has 0 aliphatic heterocycles. The highest BCUT2D eigenvalue weighted by molar-refractivity contribution is 6.08. The molecule has 9 heteroatoms. The number of nitrogens with one attached hydrogen (secondary N) is 3. The Balaban J connectivity index is 1.67. The number of ketones is 1. The molecule has 1 aliphatic carbocycles. The van der Waals surface area contributed by atoms with Crippen molar-refractivity contribution < 1.29 is 19.5 Å². The van der Waals surface area contributed by atoms with Gasteiger partial charge < -0.3 is 15.4 Å². The van der Waals surface area contributed by atoms with Gasteiger partial charge in [0.05, 0.1) is 11.1 Å². The van der Waals surface area contributed by atoms with Crippen molar-refractivity contribution in [1.82, 2.24) is 20.3 Å². The molecule has 4 rings (SSSR count). The Morgan fingerprint density at radius 1 is 1.21 bits per heavy atom. The number of urea groups is 1. The fraction of sp³-hybridized carbons (Fsp3) is 0.208. The van der Waals surface area contributed by atoms with E-state index in [1.807, 2.05) is 31.2 Å². The van der Waals surface area contributed by atoms with Crippen LogP contribution in [-0.2, 0) is 11.2 Å². The zero-order valence-electron chi connectivity index (χ0n) is 18.2. The minimum absolute atomic E-state index is 0.0299. The Kier molecular flexibility index (Phi) is 6.03. The van der Waals surface area contributed by atoms with Crippen molar-refractivity contribution in [3.05, 3.63) is 71.1 Å². The predicted octanol–water partition coefficient (Wildman–Crippen LogP) is 3.57. The molecular formula is C24H23N5O4. The van der Waals surface area contributed by atoms with Crippen LogP contribution in [0, 0.1) is 5.92 Å². The molecule has 1 unspecified atom stereocenters. The smallest absolute Gasteiger partial charge is 0.338 e. The average molecular weight is 445 g/mol. The number of imidazole rings is 1. The number of amides is 2. The number of aromatic carboxylic acids is 1. The van der Waals surface area contributed by atoms with Gasteiger partial charge in [-0.15, -0.1) is 0 Å². The Morgan fingerprint density at radius 3 is 2.70 bits per heavy atom. The minimum atomic E-state index is -1.16. The van der Waals surface area contributed by atoms with E-state index in [1.54, 1.807) is 19.2 Å². The lowest BCUT2D eigenvalue weighted by Crippen LogP contribution is -2.28. The summed E-state index contributed by atoms with van der Waals surface area (Å²) in [5.41, 5.74) is 3.52. The van der Waals surface area contributed by atoms with Crippen LogP contribution in [0.25, 0.3) is 16.6 Å². The van der Waals surface area contributed by atoms with Gasteiger partial charge in [0.1, 0.15) is 5.52 Å². The van der Waals surface area contributed by atoms with Crippen LogP contribution in [0.1, 0.15) is 35.5 Å². The molecule has 4 N–H and O–H groups in total. The third-order valence-corrected chi connectivity index (χ3v) is 5.43.